The highest BCUT2D eigenvalue weighted by Gasteiger charge is 2.12. The molecule has 2 rings (SSSR count). The molecule has 0 radical (unpaired) electrons. The van der Waals surface area contributed by atoms with E-state index in [4.69, 9.17) is 4.74 Å². The predicted octanol–water partition coefficient (Wildman–Crippen LogP) is 3.21. The minimum Gasteiger partial charge on any atom is -0.497 e. The highest BCUT2D eigenvalue weighted by Crippen LogP contribution is 2.18. The fraction of sp³-hybridized carbons (Fsp3) is 0.316. The Kier molecular flexibility index (Phi) is 7.11. The standard InChI is InChI=1S/C19H23NO4S2/c1-14(16-6-10-18(11-7-16)26(3,22)23)20-19(21)13-25-12-15-4-8-17(24-2)9-5-15/h4-11,14H,12-13H2,1-3H3,(H,20,21)/t14-/m1/s1. The van der Waals surface area contributed by atoms with Gasteiger partial charge in [-0.1, -0.05) is 24.3 Å². The third-order valence-electron chi connectivity index (χ3n) is 3.85. The molecule has 140 valence electrons. The van der Waals surface area contributed by atoms with Gasteiger partial charge in [-0.3, -0.25) is 4.79 Å². The van der Waals surface area contributed by atoms with Gasteiger partial charge in [-0.25, -0.2) is 8.42 Å². The van der Waals surface area contributed by atoms with E-state index in [0.717, 1.165) is 22.6 Å². The number of ether oxygens (including phenoxy) is 1. The molecular weight excluding hydrogens is 370 g/mol. The lowest BCUT2D eigenvalue weighted by atomic mass is 10.1. The van der Waals surface area contributed by atoms with E-state index >= 15 is 0 Å². The zero-order valence-corrected chi connectivity index (χ0v) is 16.7. The molecule has 0 aromatic heterocycles. The summed E-state index contributed by atoms with van der Waals surface area (Å²) in [7, 11) is -1.58. The number of carbonyl (C=O) groups is 1. The Hall–Kier alpha value is -1.99. The third kappa shape index (κ3) is 6.07. The van der Waals surface area contributed by atoms with Crippen LogP contribution >= 0.6 is 11.8 Å². The van der Waals surface area contributed by atoms with Crippen molar-refractivity contribution in [3.8, 4) is 5.75 Å². The zero-order chi connectivity index (χ0) is 19.2. The van der Waals surface area contributed by atoms with Crippen molar-refractivity contribution >= 4 is 27.5 Å². The Morgan fingerprint density at radius 3 is 2.27 bits per heavy atom. The van der Waals surface area contributed by atoms with E-state index in [1.165, 1.54) is 18.0 Å². The fourth-order valence-corrected chi connectivity index (χ4v) is 3.78. The highest BCUT2D eigenvalue weighted by atomic mass is 32.2. The number of amides is 1. The molecule has 2 aromatic carbocycles. The van der Waals surface area contributed by atoms with Gasteiger partial charge in [-0.05, 0) is 42.3 Å². The monoisotopic (exact) mass is 393 g/mol. The average Bonchev–Trinajstić information content (AvgIpc) is 2.61. The summed E-state index contributed by atoms with van der Waals surface area (Å²) >= 11 is 1.54. The van der Waals surface area contributed by atoms with E-state index in [0.29, 0.717) is 5.75 Å². The first-order chi connectivity index (χ1) is 12.3. The molecule has 0 aliphatic rings. The number of hydrogen-bond acceptors (Lipinski definition) is 5. The van der Waals surface area contributed by atoms with Gasteiger partial charge in [0.2, 0.25) is 5.91 Å². The molecule has 0 saturated carbocycles. The van der Waals surface area contributed by atoms with E-state index < -0.39 is 9.84 Å². The molecule has 0 heterocycles. The maximum absolute atomic E-state index is 12.1. The second kappa shape index (κ2) is 9.09. The lowest BCUT2D eigenvalue weighted by Crippen LogP contribution is -2.28. The summed E-state index contributed by atoms with van der Waals surface area (Å²) in [5.41, 5.74) is 2.00. The van der Waals surface area contributed by atoms with Crippen LogP contribution in [0.4, 0.5) is 0 Å². The van der Waals surface area contributed by atoms with Gasteiger partial charge in [-0.2, -0.15) is 0 Å². The van der Waals surface area contributed by atoms with E-state index in [-0.39, 0.29) is 16.8 Å². The van der Waals surface area contributed by atoms with Crippen LogP contribution in [0.5, 0.6) is 5.75 Å². The van der Waals surface area contributed by atoms with Crippen LogP contribution in [-0.4, -0.2) is 33.4 Å². The van der Waals surface area contributed by atoms with E-state index in [1.54, 1.807) is 31.4 Å². The topological polar surface area (TPSA) is 72.5 Å². The van der Waals surface area contributed by atoms with Gasteiger partial charge in [0.1, 0.15) is 5.75 Å². The summed E-state index contributed by atoms with van der Waals surface area (Å²) in [5.74, 6) is 1.86. The lowest BCUT2D eigenvalue weighted by Gasteiger charge is -2.14. The molecule has 0 unspecified atom stereocenters. The molecule has 5 nitrogen and oxygen atoms in total. The smallest absolute Gasteiger partial charge is 0.230 e. The fourth-order valence-electron chi connectivity index (χ4n) is 2.35. The minimum atomic E-state index is -3.21. The van der Waals surface area contributed by atoms with Crippen molar-refractivity contribution in [1.82, 2.24) is 5.32 Å². The number of hydrogen-bond donors (Lipinski definition) is 1. The van der Waals surface area contributed by atoms with Gasteiger partial charge < -0.3 is 10.1 Å². The van der Waals surface area contributed by atoms with Crippen LogP contribution in [0.25, 0.3) is 0 Å². The summed E-state index contributed by atoms with van der Waals surface area (Å²) in [5, 5.41) is 2.93. The lowest BCUT2D eigenvalue weighted by molar-refractivity contribution is -0.119. The van der Waals surface area contributed by atoms with E-state index in [9.17, 15) is 13.2 Å². The first kappa shape index (κ1) is 20.3. The number of thioether (sulfide) groups is 1. The van der Waals surface area contributed by atoms with Gasteiger partial charge >= 0.3 is 0 Å². The summed E-state index contributed by atoms with van der Waals surface area (Å²) in [6, 6.07) is 14.2. The van der Waals surface area contributed by atoms with Crippen molar-refractivity contribution in [2.45, 2.75) is 23.6 Å². The molecule has 0 aliphatic heterocycles. The summed E-state index contributed by atoms with van der Waals surface area (Å²) in [6.45, 7) is 1.88. The number of rotatable bonds is 8. The van der Waals surface area contributed by atoms with Crippen molar-refractivity contribution in [1.29, 1.82) is 0 Å². The van der Waals surface area contributed by atoms with Crippen LogP contribution in [0, 0.1) is 0 Å². The van der Waals surface area contributed by atoms with Gasteiger partial charge in [-0.15, -0.1) is 11.8 Å². The Balaban J connectivity index is 1.81. The molecule has 1 amide bonds. The van der Waals surface area contributed by atoms with Crippen molar-refractivity contribution in [3.05, 3.63) is 59.7 Å². The van der Waals surface area contributed by atoms with Crippen LogP contribution < -0.4 is 10.1 Å². The van der Waals surface area contributed by atoms with E-state index in [2.05, 4.69) is 5.32 Å². The molecule has 7 heteroatoms. The molecule has 1 N–H and O–H groups in total. The molecule has 0 saturated heterocycles. The maximum Gasteiger partial charge on any atom is 0.230 e. The second-order valence-electron chi connectivity index (χ2n) is 5.97. The number of carbonyl (C=O) groups excluding carboxylic acids is 1. The van der Waals surface area contributed by atoms with E-state index in [1.807, 2.05) is 31.2 Å². The molecule has 1 atom stereocenters. The molecule has 0 aliphatic carbocycles. The summed E-state index contributed by atoms with van der Waals surface area (Å²) in [6.07, 6.45) is 1.17. The molecule has 0 spiro atoms. The molecule has 2 aromatic rings. The summed E-state index contributed by atoms with van der Waals surface area (Å²) < 4.78 is 28.1. The Bertz CT molecular complexity index is 831. The van der Waals surface area contributed by atoms with Crippen molar-refractivity contribution < 1.29 is 17.9 Å². The molecule has 0 fully saturated rings. The van der Waals surface area contributed by atoms with Gasteiger partial charge in [0.25, 0.3) is 0 Å². The first-order valence-corrected chi connectivity index (χ1v) is 11.1. The quantitative estimate of drug-likeness (QED) is 0.746. The van der Waals surface area contributed by atoms with Gasteiger partial charge in [0.05, 0.1) is 23.8 Å². The molecule has 26 heavy (non-hydrogen) atoms. The van der Waals surface area contributed by atoms with Crippen LogP contribution in [-0.2, 0) is 20.4 Å². The molecular formula is C19H23NO4S2. The third-order valence-corrected chi connectivity index (χ3v) is 5.98. The zero-order valence-electron chi connectivity index (χ0n) is 15.1. The maximum atomic E-state index is 12.1. The number of sulfone groups is 1. The number of nitrogens with one attached hydrogen (secondary N) is 1. The second-order valence-corrected chi connectivity index (χ2v) is 8.97. The van der Waals surface area contributed by atoms with Crippen molar-refractivity contribution in [2.75, 3.05) is 19.1 Å². The van der Waals surface area contributed by atoms with Crippen LogP contribution in [0.2, 0.25) is 0 Å². The van der Waals surface area contributed by atoms with Crippen LogP contribution in [0.1, 0.15) is 24.1 Å². The van der Waals surface area contributed by atoms with Crippen molar-refractivity contribution in [3.63, 3.8) is 0 Å². The highest BCUT2D eigenvalue weighted by molar-refractivity contribution is 7.99. The van der Waals surface area contributed by atoms with Crippen molar-refractivity contribution in [2.24, 2.45) is 0 Å². The predicted molar refractivity (Wildman–Crippen MR) is 105 cm³/mol. The first-order valence-electron chi connectivity index (χ1n) is 8.09. The average molecular weight is 394 g/mol. The number of benzene rings is 2. The van der Waals surface area contributed by atoms with Gasteiger partial charge in [0, 0.05) is 12.0 Å². The SMILES string of the molecule is COc1ccc(CSCC(=O)N[C@H](C)c2ccc(S(C)(=O)=O)cc2)cc1. The minimum absolute atomic E-state index is 0.0526. The molecule has 0 bridgehead atoms. The number of methoxy groups -OCH3 is 1. The Morgan fingerprint density at radius 1 is 1.12 bits per heavy atom. The van der Waals surface area contributed by atoms with Gasteiger partial charge in [0.15, 0.2) is 9.84 Å². The Morgan fingerprint density at radius 2 is 1.73 bits per heavy atom. The normalized spacial score (nSPS) is 12.4. The summed E-state index contributed by atoms with van der Waals surface area (Å²) in [4.78, 5) is 12.4. The Labute approximate surface area is 159 Å². The van der Waals surface area contributed by atoms with Crippen LogP contribution in [0.15, 0.2) is 53.4 Å². The van der Waals surface area contributed by atoms with Crippen LogP contribution in [0.3, 0.4) is 0 Å². The largest absolute Gasteiger partial charge is 0.497 e.